The molecule has 1 saturated heterocycles. The summed E-state index contributed by atoms with van der Waals surface area (Å²) in [6.45, 7) is 5.40. The first-order chi connectivity index (χ1) is 7.31. The normalized spacial score (nSPS) is 26.2. The van der Waals surface area contributed by atoms with Gasteiger partial charge in [-0.1, -0.05) is 29.8 Å². The molecule has 1 aromatic carbocycles. The van der Waals surface area contributed by atoms with Crippen LogP contribution in [0.15, 0.2) is 36.9 Å². The molecule has 0 aliphatic carbocycles. The SMILES string of the molecule is C=CC1NCCOC1c1cccc(Cl)c1. The van der Waals surface area contributed by atoms with Crippen LogP contribution in [0.1, 0.15) is 11.7 Å². The molecule has 2 rings (SSSR count). The highest BCUT2D eigenvalue weighted by atomic mass is 35.5. The van der Waals surface area contributed by atoms with Gasteiger partial charge in [-0.2, -0.15) is 0 Å². The van der Waals surface area contributed by atoms with Gasteiger partial charge in [0.1, 0.15) is 6.10 Å². The molecule has 3 heteroatoms. The number of benzene rings is 1. The summed E-state index contributed by atoms with van der Waals surface area (Å²) in [6.07, 6.45) is 1.90. The Hall–Kier alpha value is -0.830. The van der Waals surface area contributed by atoms with Crippen LogP contribution in [-0.4, -0.2) is 19.2 Å². The Morgan fingerprint density at radius 1 is 1.53 bits per heavy atom. The van der Waals surface area contributed by atoms with Crippen LogP contribution < -0.4 is 5.32 Å². The minimum atomic E-state index is 0.0231. The van der Waals surface area contributed by atoms with Gasteiger partial charge in [0.05, 0.1) is 12.6 Å². The summed E-state index contributed by atoms with van der Waals surface area (Å²) < 4.78 is 5.73. The Bertz CT molecular complexity index is 353. The minimum absolute atomic E-state index is 0.0231. The van der Waals surface area contributed by atoms with Crippen LogP contribution in [0.25, 0.3) is 0 Å². The van der Waals surface area contributed by atoms with E-state index in [1.54, 1.807) is 0 Å². The van der Waals surface area contributed by atoms with E-state index in [0.717, 1.165) is 23.7 Å². The molecule has 2 atom stereocenters. The zero-order chi connectivity index (χ0) is 10.7. The number of halogens is 1. The van der Waals surface area contributed by atoms with Crippen molar-refractivity contribution < 1.29 is 4.74 Å². The summed E-state index contributed by atoms with van der Waals surface area (Å²) in [5, 5.41) is 4.09. The van der Waals surface area contributed by atoms with Gasteiger partial charge in [-0.05, 0) is 17.7 Å². The summed E-state index contributed by atoms with van der Waals surface area (Å²) in [4.78, 5) is 0. The zero-order valence-corrected chi connectivity index (χ0v) is 9.20. The molecule has 15 heavy (non-hydrogen) atoms. The van der Waals surface area contributed by atoms with E-state index in [1.807, 2.05) is 30.3 Å². The van der Waals surface area contributed by atoms with E-state index in [1.165, 1.54) is 0 Å². The monoisotopic (exact) mass is 223 g/mol. The van der Waals surface area contributed by atoms with Crippen molar-refractivity contribution >= 4 is 11.6 Å². The summed E-state index contributed by atoms with van der Waals surface area (Å²) in [5.74, 6) is 0. The van der Waals surface area contributed by atoms with Crippen LogP contribution in [-0.2, 0) is 4.74 Å². The van der Waals surface area contributed by atoms with E-state index in [2.05, 4.69) is 11.9 Å². The second kappa shape index (κ2) is 4.79. The molecule has 80 valence electrons. The van der Waals surface area contributed by atoms with Gasteiger partial charge >= 0.3 is 0 Å². The van der Waals surface area contributed by atoms with Gasteiger partial charge in [-0.3, -0.25) is 0 Å². The molecule has 2 unspecified atom stereocenters. The molecule has 0 aromatic heterocycles. The molecular formula is C12H14ClNO. The van der Waals surface area contributed by atoms with E-state index in [9.17, 15) is 0 Å². The predicted molar refractivity (Wildman–Crippen MR) is 62.1 cm³/mol. The lowest BCUT2D eigenvalue weighted by Crippen LogP contribution is -2.42. The Morgan fingerprint density at radius 2 is 2.40 bits per heavy atom. The molecule has 1 aliphatic heterocycles. The maximum atomic E-state index is 5.95. The molecule has 1 N–H and O–H groups in total. The lowest BCUT2D eigenvalue weighted by molar-refractivity contribution is 0.00762. The van der Waals surface area contributed by atoms with Crippen molar-refractivity contribution in [3.63, 3.8) is 0 Å². The first-order valence-electron chi connectivity index (χ1n) is 5.04. The number of rotatable bonds is 2. The molecule has 0 saturated carbocycles. The number of hydrogen-bond acceptors (Lipinski definition) is 2. The fourth-order valence-corrected chi connectivity index (χ4v) is 2.01. The number of morpholine rings is 1. The highest BCUT2D eigenvalue weighted by Gasteiger charge is 2.24. The van der Waals surface area contributed by atoms with Crippen molar-refractivity contribution in [2.24, 2.45) is 0 Å². The van der Waals surface area contributed by atoms with Gasteiger partial charge in [0.15, 0.2) is 0 Å². The van der Waals surface area contributed by atoms with Gasteiger partial charge in [-0.15, -0.1) is 6.58 Å². The highest BCUT2D eigenvalue weighted by Crippen LogP contribution is 2.26. The van der Waals surface area contributed by atoms with Crippen molar-refractivity contribution in [2.45, 2.75) is 12.1 Å². The number of ether oxygens (including phenoxy) is 1. The van der Waals surface area contributed by atoms with Gasteiger partial charge in [-0.25, -0.2) is 0 Å². The Kier molecular flexibility index (Phi) is 3.41. The summed E-state index contributed by atoms with van der Waals surface area (Å²) >= 11 is 5.95. The Labute approximate surface area is 94.9 Å². The quantitative estimate of drug-likeness (QED) is 0.779. The summed E-state index contributed by atoms with van der Waals surface area (Å²) in [5.41, 5.74) is 1.10. The fourth-order valence-electron chi connectivity index (χ4n) is 1.82. The van der Waals surface area contributed by atoms with Crippen LogP contribution in [0.5, 0.6) is 0 Å². The molecule has 1 fully saturated rings. The molecule has 0 bridgehead atoms. The van der Waals surface area contributed by atoms with Gasteiger partial charge in [0.2, 0.25) is 0 Å². The molecular weight excluding hydrogens is 210 g/mol. The third-order valence-corrected chi connectivity index (χ3v) is 2.77. The van der Waals surface area contributed by atoms with Gasteiger partial charge < -0.3 is 10.1 Å². The Morgan fingerprint density at radius 3 is 3.13 bits per heavy atom. The molecule has 2 nitrogen and oxygen atoms in total. The van der Waals surface area contributed by atoms with E-state index in [4.69, 9.17) is 16.3 Å². The molecule has 1 heterocycles. The average Bonchev–Trinajstić information content (AvgIpc) is 2.29. The average molecular weight is 224 g/mol. The maximum absolute atomic E-state index is 5.95. The van der Waals surface area contributed by atoms with Crippen molar-refractivity contribution in [1.82, 2.24) is 5.32 Å². The molecule has 1 aliphatic rings. The smallest absolute Gasteiger partial charge is 0.101 e. The van der Waals surface area contributed by atoms with Crippen molar-refractivity contribution in [1.29, 1.82) is 0 Å². The van der Waals surface area contributed by atoms with Crippen LogP contribution in [0.3, 0.4) is 0 Å². The van der Waals surface area contributed by atoms with E-state index >= 15 is 0 Å². The minimum Gasteiger partial charge on any atom is -0.370 e. The lowest BCUT2D eigenvalue weighted by atomic mass is 10.0. The maximum Gasteiger partial charge on any atom is 0.101 e. The topological polar surface area (TPSA) is 21.3 Å². The van der Waals surface area contributed by atoms with E-state index in [0.29, 0.717) is 0 Å². The van der Waals surface area contributed by atoms with Crippen LogP contribution in [0.2, 0.25) is 5.02 Å². The van der Waals surface area contributed by atoms with Crippen molar-refractivity contribution in [3.8, 4) is 0 Å². The van der Waals surface area contributed by atoms with Gasteiger partial charge in [0.25, 0.3) is 0 Å². The van der Waals surface area contributed by atoms with Crippen LogP contribution in [0, 0.1) is 0 Å². The number of nitrogens with one attached hydrogen (secondary N) is 1. The zero-order valence-electron chi connectivity index (χ0n) is 8.45. The standard InChI is InChI=1S/C12H14ClNO/c1-2-11-12(15-7-6-14-11)9-4-3-5-10(13)8-9/h2-5,8,11-12,14H,1,6-7H2. The Balaban J connectivity index is 2.23. The third-order valence-electron chi connectivity index (χ3n) is 2.54. The first kappa shape index (κ1) is 10.7. The molecule has 1 aromatic rings. The summed E-state index contributed by atoms with van der Waals surface area (Å²) in [6, 6.07) is 7.94. The van der Waals surface area contributed by atoms with E-state index < -0.39 is 0 Å². The summed E-state index contributed by atoms with van der Waals surface area (Å²) in [7, 11) is 0. The first-order valence-corrected chi connectivity index (χ1v) is 5.42. The molecule has 0 radical (unpaired) electrons. The highest BCUT2D eigenvalue weighted by molar-refractivity contribution is 6.30. The second-order valence-corrected chi connectivity index (χ2v) is 4.00. The van der Waals surface area contributed by atoms with E-state index in [-0.39, 0.29) is 12.1 Å². The van der Waals surface area contributed by atoms with Crippen LogP contribution in [0.4, 0.5) is 0 Å². The number of hydrogen-bond donors (Lipinski definition) is 1. The molecule has 0 spiro atoms. The largest absolute Gasteiger partial charge is 0.370 e. The molecule has 0 amide bonds. The van der Waals surface area contributed by atoms with Crippen molar-refractivity contribution in [3.05, 3.63) is 47.5 Å². The van der Waals surface area contributed by atoms with Gasteiger partial charge in [0, 0.05) is 11.6 Å². The van der Waals surface area contributed by atoms with Crippen molar-refractivity contribution in [2.75, 3.05) is 13.2 Å². The second-order valence-electron chi connectivity index (χ2n) is 3.56. The predicted octanol–water partition coefficient (Wildman–Crippen LogP) is 2.56. The fraction of sp³-hybridized carbons (Fsp3) is 0.333. The van der Waals surface area contributed by atoms with Crippen LogP contribution >= 0.6 is 11.6 Å². The third kappa shape index (κ3) is 2.40. The lowest BCUT2D eigenvalue weighted by Gasteiger charge is -2.31.